The Balaban J connectivity index is 1.62. The smallest absolute Gasteiger partial charge is 0.243 e. The molecule has 144 valence electrons. The highest BCUT2D eigenvalue weighted by Gasteiger charge is 2.07. The number of anilines is 1. The van der Waals surface area contributed by atoms with Gasteiger partial charge in [0.05, 0.1) is 19.8 Å². The molecule has 1 unspecified atom stereocenters. The Bertz CT molecular complexity index is 705. The molecule has 6 nitrogen and oxygen atoms in total. The average molecular weight is 368 g/mol. The molecule has 0 spiro atoms. The monoisotopic (exact) mass is 368 g/mol. The fourth-order valence-electron chi connectivity index (χ4n) is 2.39. The lowest BCUT2D eigenvalue weighted by Crippen LogP contribution is -2.43. The van der Waals surface area contributed by atoms with E-state index in [-0.39, 0.29) is 12.5 Å². The minimum Gasteiger partial charge on any atom is -0.376 e. The molecule has 3 N–H and O–H groups in total. The summed E-state index contributed by atoms with van der Waals surface area (Å²) >= 11 is 0. The number of hydrogen-bond acceptors (Lipinski definition) is 3. The first-order valence-electron chi connectivity index (χ1n) is 9.08. The zero-order valence-corrected chi connectivity index (χ0v) is 15.9. The quantitative estimate of drug-likeness (QED) is 0.470. The van der Waals surface area contributed by atoms with Gasteiger partial charge in [0.1, 0.15) is 0 Å². The van der Waals surface area contributed by atoms with Gasteiger partial charge < -0.3 is 20.7 Å². The molecule has 0 fully saturated rings. The van der Waals surface area contributed by atoms with E-state index in [1.807, 2.05) is 48.5 Å². The van der Waals surface area contributed by atoms with Crippen LogP contribution < -0.4 is 16.0 Å². The summed E-state index contributed by atoms with van der Waals surface area (Å²) in [6.07, 6.45) is 0. The van der Waals surface area contributed by atoms with Crippen LogP contribution in [0.3, 0.4) is 0 Å². The minimum absolute atomic E-state index is 0.122. The summed E-state index contributed by atoms with van der Waals surface area (Å²) in [5.41, 5.74) is 1.94. The Kier molecular flexibility index (Phi) is 8.86. The molecule has 1 atom stereocenters. The topological polar surface area (TPSA) is 74.8 Å². The second-order valence-corrected chi connectivity index (χ2v) is 6.33. The number of amides is 1. The standard InChI is InChI=1S/C21H28N4O2/c1-17(15-27-16-18-9-5-3-6-10-18)13-23-21(22-2)24-14-20(26)25-19-11-7-4-8-12-19/h3-12,17H,13-16H2,1-2H3,(H,25,26)(H2,22,23,24). The highest BCUT2D eigenvalue weighted by atomic mass is 16.5. The lowest BCUT2D eigenvalue weighted by molar-refractivity contribution is -0.115. The van der Waals surface area contributed by atoms with Gasteiger partial charge in [0.2, 0.25) is 5.91 Å². The lowest BCUT2D eigenvalue weighted by atomic mass is 10.2. The molecule has 1 amide bonds. The highest BCUT2D eigenvalue weighted by molar-refractivity contribution is 5.94. The minimum atomic E-state index is -0.122. The largest absolute Gasteiger partial charge is 0.376 e. The van der Waals surface area contributed by atoms with Crippen molar-refractivity contribution in [2.24, 2.45) is 10.9 Å². The van der Waals surface area contributed by atoms with E-state index in [1.165, 1.54) is 5.56 Å². The summed E-state index contributed by atoms with van der Waals surface area (Å²) in [5, 5.41) is 9.05. The molecule has 0 aliphatic heterocycles. The van der Waals surface area contributed by atoms with Crippen molar-refractivity contribution in [1.82, 2.24) is 10.6 Å². The van der Waals surface area contributed by atoms with E-state index in [0.717, 1.165) is 5.69 Å². The molecule has 0 radical (unpaired) electrons. The number of carbonyl (C=O) groups excluding carboxylic acids is 1. The predicted octanol–water partition coefficient (Wildman–Crippen LogP) is 2.64. The van der Waals surface area contributed by atoms with Crippen LogP contribution in [0.2, 0.25) is 0 Å². The average Bonchev–Trinajstić information content (AvgIpc) is 2.69. The number of benzene rings is 2. The van der Waals surface area contributed by atoms with Crippen LogP contribution in [-0.2, 0) is 16.1 Å². The number of hydrogen-bond donors (Lipinski definition) is 3. The number of para-hydroxylation sites is 1. The number of nitrogens with zero attached hydrogens (tertiary/aromatic N) is 1. The SMILES string of the molecule is CN=C(NCC(=O)Nc1ccccc1)NCC(C)COCc1ccccc1. The molecule has 6 heteroatoms. The van der Waals surface area contributed by atoms with E-state index in [2.05, 4.69) is 40.0 Å². The first kappa shape index (κ1) is 20.5. The summed E-state index contributed by atoms with van der Waals surface area (Å²) < 4.78 is 5.75. The summed E-state index contributed by atoms with van der Waals surface area (Å²) in [5.74, 6) is 0.780. The Morgan fingerprint density at radius 3 is 2.37 bits per heavy atom. The summed E-state index contributed by atoms with van der Waals surface area (Å²) in [6.45, 7) is 4.21. The maximum atomic E-state index is 12.0. The van der Waals surface area contributed by atoms with Crippen LogP contribution in [0, 0.1) is 5.92 Å². The van der Waals surface area contributed by atoms with Crippen LogP contribution in [0.1, 0.15) is 12.5 Å². The van der Waals surface area contributed by atoms with Gasteiger partial charge in [0.15, 0.2) is 5.96 Å². The van der Waals surface area contributed by atoms with Crippen LogP contribution in [0.15, 0.2) is 65.7 Å². The molecule has 0 bridgehead atoms. The molecule has 0 aliphatic carbocycles. The molecular weight excluding hydrogens is 340 g/mol. The number of guanidine groups is 1. The molecule has 27 heavy (non-hydrogen) atoms. The number of nitrogens with one attached hydrogen (secondary N) is 3. The van der Waals surface area contributed by atoms with Crippen LogP contribution >= 0.6 is 0 Å². The normalized spacial score (nSPS) is 12.3. The van der Waals surface area contributed by atoms with E-state index in [0.29, 0.717) is 31.6 Å². The van der Waals surface area contributed by atoms with E-state index in [4.69, 9.17) is 4.74 Å². The maximum absolute atomic E-state index is 12.0. The first-order valence-corrected chi connectivity index (χ1v) is 9.08. The molecule has 2 aromatic rings. The summed E-state index contributed by atoms with van der Waals surface area (Å²) in [7, 11) is 1.68. The molecule has 2 aromatic carbocycles. The van der Waals surface area contributed by atoms with Crippen molar-refractivity contribution >= 4 is 17.6 Å². The number of carbonyl (C=O) groups is 1. The maximum Gasteiger partial charge on any atom is 0.243 e. The third-order valence-corrected chi connectivity index (χ3v) is 3.83. The molecule has 2 rings (SSSR count). The molecule has 0 heterocycles. The van der Waals surface area contributed by atoms with Crippen molar-refractivity contribution in [2.45, 2.75) is 13.5 Å². The molecule has 0 aromatic heterocycles. The molecule has 0 saturated carbocycles. The second-order valence-electron chi connectivity index (χ2n) is 6.33. The van der Waals surface area contributed by atoms with Gasteiger partial charge in [-0.1, -0.05) is 55.5 Å². The second kappa shape index (κ2) is 11.7. The van der Waals surface area contributed by atoms with Crippen LogP contribution in [0.25, 0.3) is 0 Å². The van der Waals surface area contributed by atoms with Gasteiger partial charge in [-0.05, 0) is 23.6 Å². The number of ether oxygens (including phenoxy) is 1. The fourth-order valence-corrected chi connectivity index (χ4v) is 2.39. The molecule has 0 aliphatic rings. The fraction of sp³-hybridized carbons (Fsp3) is 0.333. The Labute approximate surface area is 161 Å². The van der Waals surface area contributed by atoms with Crippen molar-refractivity contribution in [3.8, 4) is 0 Å². The third kappa shape index (κ3) is 8.37. The van der Waals surface area contributed by atoms with Gasteiger partial charge in [0, 0.05) is 19.3 Å². The lowest BCUT2D eigenvalue weighted by Gasteiger charge is -2.16. The van der Waals surface area contributed by atoms with Crippen LogP contribution in [-0.4, -0.2) is 38.6 Å². The Morgan fingerprint density at radius 1 is 1.04 bits per heavy atom. The van der Waals surface area contributed by atoms with Gasteiger partial charge in [-0.2, -0.15) is 0 Å². The van der Waals surface area contributed by atoms with E-state index in [1.54, 1.807) is 7.05 Å². The van der Waals surface area contributed by atoms with Crippen molar-refractivity contribution in [1.29, 1.82) is 0 Å². The zero-order chi connectivity index (χ0) is 19.3. The molecule has 0 saturated heterocycles. The van der Waals surface area contributed by atoms with E-state index >= 15 is 0 Å². The Hall–Kier alpha value is -2.86. The van der Waals surface area contributed by atoms with E-state index in [9.17, 15) is 4.79 Å². The first-order chi connectivity index (χ1) is 13.2. The molecular formula is C21H28N4O2. The Morgan fingerprint density at radius 2 is 1.70 bits per heavy atom. The predicted molar refractivity (Wildman–Crippen MR) is 110 cm³/mol. The van der Waals surface area contributed by atoms with Crippen molar-refractivity contribution in [2.75, 3.05) is 32.1 Å². The highest BCUT2D eigenvalue weighted by Crippen LogP contribution is 2.04. The van der Waals surface area contributed by atoms with Crippen molar-refractivity contribution < 1.29 is 9.53 Å². The van der Waals surface area contributed by atoms with Crippen molar-refractivity contribution in [3.05, 3.63) is 66.2 Å². The van der Waals surface area contributed by atoms with Crippen LogP contribution in [0.4, 0.5) is 5.69 Å². The zero-order valence-electron chi connectivity index (χ0n) is 15.9. The van der Waals surface area contributed by atoms with Gasteiger partial charge in [-0.25, -0.2) is 0 Å². The third-order valence-electron chi connectivity index (χ3n) is 3.83. The van der Waals surface area contributed by atoms with Gasteiger partial charge in [0.25, 0.3) is 0 Å². The number of aliphatic imine (C=N–C) groups is 1. The van der Waals surface area contributed by atoms with Gasteiger partial charge in [-0.3, -0.25) is 9.79 Å². The van der Waals surface area contributed by atoms with E-state index < -0.39 is 0 Å². The van der Waals surface area contributed by atoms with Gasteiger partial charge in [-0.15, -0.1) is 0 Å². The number of rotatable bonds is 9. The summed E-state index contributed by atoms with van der Waals surface area (Å²) in [4.78, 5) is 16.1. The van der Waals surface area contributed by atoms with Crippen molar-refractivity contribution in [3.63, 3.8) is 0 Å². The summed E-state index contributed by atoms with van der Waals surface area (Å²) in [6, 6.07) is 19.5. The van der Waals surface area contributed by atoms with Crippen LogP contribution in [0.5, 0.6) is 0 Å². The van der Waals surface area contributed by atoms with Gasteiger partial charge >= 0.3 is 0 Å².